The molecule has 1 heterocycles. The molecule has 0 bridgehead atoms. The first kappa shape index (κ1) is 27.8. The van der Waals surface area contributed by atoms with Gasteiger partial charge in [0.1, 0.15) is 0 Å². The number of pyridine rings is 1. The summed E-state index contributed by atoms with van der Waals surface area (Å²) in [6.07, 6.45) is 1.09. The number of rotatable bonds is 1. The summed E-state index contributed by atoms with van der Waals surface area (Å²) in [5.41, 5.74) is 2.35. The molecule has 4 nitrogen and oxygen atoms in total. The van der Waals surface area contributed by atoms with Crippen LogP contribution in [0.5, 0.6) is 0 Å². The number of hydrogen-bond donors (Lipinski definition) is 0. The molecule has 1 aromatic heterocycles. The molecule has 0 radical (unpaired) electrons. The van der Waals surface area contributed by atoms with Crippen molar-refractivity contribution in [2.75, 3.05) is 7.11 Å². The second-order valence-electron chi connectivity index (χ2n) is 7.68. The number of carbonyl (C=O) groups excluding carboxylic acids is 1. The number of para-hydroxylation sites is 1. The van der Waals surface area contributed by atoms with Gasteiger partial charge in [-0.2, -0.15) is 0 Å². The molecule has 1 aliphatic carbocycles. The molecule has 0 N–H and O–H groups in total. The summed E-state index contributed by atoms with van der Waals surface area (Å²) < 4.78 is 4.50. The van der Waals surface area contributed by atoms with Gasteiger partial charge in [0.05, 0.1) is 12.6 Å². The maximum absolute atomic E-state index is 11.1. The average Bonchev–Trinajstić information content (AvgIpc) is 2.88. The Morgan fingerprint density at radius 1 is 1.00 bits per heavy atom. The van der Waals surface area contributed by atoms with E-state index in [-0.39, 0.29) is 7.43 Å². The van der Waals surface area contributed by atoms with Crippen molar-refractivity contribution in [3.05, 3.63) is 48.8 Å². The maximum atomic E-state index is 11.1. The normalized spacial score (nSPS) is 24.9. The van der Waals surface area contributed by atoms with Gasteiger partial charge in [0.25, 0.3) is 0 Å². The van der Waals surface area contributed by atoms with Gasteiger partial charge >= 0.3 is 27.5 Å². The third-order valence-electron chi connectivity index (χ3n) is 6.50. The first-order valence-electron chi connectivity index (χ1n) is 9.54. The number of hydrogen-bond acceptors (Lipinski definition) is 3. The van der Waals surface area contributed by atoms with Gasteiger partial charge in [-0.1, -0.05) is 52.8 Å². The van der Waals surface area contributed by atoms with E-state index < -0.39 is 6.09 Å². The third-order valence-corrected chi connectivity index (χ3v) is 6.50. The fraction of sp³-hybridized carbons (Fsp3) is 0.522. The molecule has 164 valence electrons. The van der Waals surface area contributed by atoms with Crippen molar-refractivity contribution in [1.82, 2.24) is 4.98 Å². The Labute approximate surface area is 191 Å². The first-order valence-corrected chi connectivity index (χ1v) is 12.5. The molecule has 29 heavy (non-hydrogen) atoms. The third kappa shape index (κ3) is 6.94. The van der Waals surface area contributed by atoms with Crippen molar-refractivity contribution >= 4 is 32.3 Å². The molecule has 1 fully saturated rings. The number of carbonyl (C=O) groups is 1. The van der Waals surface area contributed by atoms with Crippen LogP contribution in [0.25, 0.3) is 16.2 Å². The summed E-state index contributed by atoms with van der Waals surface area (Å²) in [7, 11) is 5.94. The average molecular weight is 598 g/mol. The molecule has 6 heteroatoms. The van der Waals surface area contributed by atoms with Crippen LogP contribution in [0.3, 0.4) is 0 Å². The minimum atomic E-state index is -0.615. The van der Waals surface area contributed by atoms with Crippen LogP contribution in [0.2, 0.25) is 0 Å². The van der Waals surface area contributed by atoms with E-state index in [2.05, 4.69) is 59.2 Å². The second-order valence-corrected chi connectivity index (χ2v) is 7.68. The molecular weight excluding hydrogens is 564 g/mol. The zero-order chi connectivity index (χ0) is 21.4. The number of aromatic nitrogens is 1. The van der Waals surface area contributed by atoms with Gasteiger partial charge in [-0.25, -0.2) is 0 Å². The standard InChI is InChI=1S/C12H12N2O2.C10H20.CH3.ClH.Ir/c1-8-6-7-13-11-9(8)4-3-5-10(11)14-12(15)16-2;1-6-7(2)9(4)10(5)8(6)3;;;/h3-7H,1-2H3,(H,14,15);6-10H,1-5H3;1H3;1H;/q;;-1;;+3/p-2. The van der Waals surface area contributed by atoms with Crippen LogP contribution in [0.4, 0.5) is 10.5 Å². The Balaban J connectivity index is 0.000000524. The van der Waals surface area contributed by atoms with Gasteiger partial charge in [-0.05, 0) is 48.1 Å². The molecule has 1 aromatic carbocycles. The predicted molar refractivity (Wildman–Crippen MR) is 120 cm³/mol. The summed E-state index contributed by atoms with van der Waals surface area (Å²) in [5, 5.41) is 4.82. The Kier molecular flexibility index (Phi) is 12.7. The van der Waals surface area contributed by atoms with Gasteiger partial charge in [0, 0.05) is 11.6 Å². The monoisotopic (exact) mass is 598 g/mol. The van der Waals surface area contributed by atoms with E-state index in [9.17, 15) is 4.79 Å². The molecule has 0 aliphatic heterocycles. The van der Waals surface area contributed by atoms with Crippen molar-refractivity contribution in [2.24, 2.45) is 29.6 Å². The number of aryl methyl sites for hydroxylation is 1. The van der Waals surface area contributed by atoms with Crippen LogP contribution in [0.15, 0.2) is 30.5 Å². The van der Waals surface area contributed by atoms with E-state index in [0.29, 0.717) is 11.2 Å². The number of fused-ring (bicyclic) bond motifs is 1. The van der Waals surface area contributed by atoms with Crippen LogP contribution in [0.1, 0.15) is 40.2 Å². The van der Waals surface area contributed by atoms with Crippen LogP contribution < -0.4 is 0 Å². The first-order chi connectivity index (χ1) is 13.3. The van der Waals surface area contributed by atoms with Gasteiger partial charge in [-0.3, -0.25) is 9.78 Å². The minimum absolute atomic E-state index is 0. The van der Waals surface area contributed by atoms with Gasteiger partial charge in [0.2, 0.25) is 6.09 Å². The summed E-state index contributed by atoms with van der Waals surface area (Å²) in [6, 6.07) is 7.46. The Bertz CT molecular complexity index is 727. The summed E-state index contributed by atoms with van der Waals surface area (Å²) in [4.78, 5) is 15.3. The van der Waals surface area contributed by atoms with Crippen molar-refractivity contribution in [2.45, 2.75) is 41.5 Å². The number of ether oxygens (including phenoxy) is 1. The van der Waals surface area contributed by atoms with Gasteiger partial charge < -0.3 is 17.5 Å². The van der Waals surface area contributed by atoms with E-state index in [1.54, 1.807) is 12.3 Å². The number of benzene rings is 1. The molecule has 2 aromatic rings. The van der Waals surface area contributed by atoms with Gasteiger partial charge in [-0.15, -0.1) is 5.69 Å². The van der Waals surface area contributed by atoms with E-state index in [4.69, 9.17) is 0 Å². The molecule has 0 atom stereocenters. The topological polar surface area (TPSA) is 53.3 Å². The summed E-state index contributed by atoms with van der Waals surface area (Å²) in [5.74, 6) is 4.68. The fourth-order valence-corrected chi connectivity index (χ4v) is 3.93. The van der Waals surface area contributed by atoms with Crippen molar-refractivity contribution in [1.29, 1.82) is 0 Å². The van der Waals surface area contributed by atoms with Gasteiger partial charge in [0.15, 0.2) is 0 Å². The van der Waals surface area contributed by atoms with Crippen molar-refractivity contribution < 1.29 is 27.4 Å². The number of methoxy groups -OCH3 is 1. The molecule has 0 unspecified atom stereocenters. The number of halogens is 1. The predicted octanol–water partition coefficient (Wildman–Crippen LogP) is 7.63. The summed E-state index contributed by atoms with van der Waals surface area (Å²) in [6.45, 7) is 14.0. The van der Waals surface area contributed by atoms with Crippen LogP contribution in [0, 0.1) is 43.9 Å². The zero-order valence-corrected chi connectivity index (χ0v) is 21.8. The molecule has 3 rings (SSSR count). The molecule has 1 amide bonds. The Morgan fingerprint density at radius 2 is 1.48 bits per heavy atom. The van der Waals surface area contributed by atoms with Crippen LogP contribution in [-0.2, 0) is 22.6 Å². The Morgan fingerprint density at radius 3 is 1.93 bits per heavy atom. The number of amides is 1. The van der Waals surface area contributed by atoms with E-state index in [0.717, 1.165) is 40.5 Å². The van der Waals surface area contributed by atoms with E-state index in [1.807, 2.05) is 25.1 Å². The molecule has 0 saturated heterocycles. The number of nitrogens with zero attached hydrogens (tertiary/aromatic N) is 2. The van der Waals surface area contributed by atoms with E-state index in [1.165, 1.54) is 25.0 Å². The quantitative estimate of drug-likeness (QED) is 0.318. The molecule has 1 saturated carbocycles. The molecular formula is C23H34ClIrN2O2. The fourth-order valence-electron chi connectivity index (χ4n) is 3.93. The van der Waals surface area contributed by atoms with Crippen molar-refractivity contribution in [3.8, 4) is 0 Å². The van der Waals surface area contributed by atoms with Crippen LogP contribution in [-0.4, -0.2) is 18.2 Å². The zero-order valence-electron chi connectivity index (χ0n) is 18.7. The SMILES string of the molecule is CC1C(C)C(C)C(C)C1C.COC(=O)[N-]c1cccc2c(C)ccnc12.[CH3-].[Cl][Ir+2]. The Hall–Kier alpha value is -1.16. The van der Waals surface area contributed by atoms with Crippen molar-refractivity contribution in [3.63, 3.8) is 0 Å². The molecule has 0 spiro atoms. The second kappa shape index (κ2) is 13.2. The summed E-state index contributed by atoms with van der Waals surface area (Å²) >= 11 is 1.47. The van der Waals surface area contributed by atoms with E-state index >= 15 is 0 Å². The van der Waals surface area contributed by atoms with Crippen LogP contribution >= 0.6 is 9.58 Å². The molecule has 1 aliphatic rings.